The van der Waals surface area contributed by atoms with Crippen molar-refractivity contribution in [3.63, 3.8) is 0 Å². The normalized spacial score (nSPS) is 37.3. The molecular weight excluding hydrogens is 410 g/mol. The first-order chi connectivity index (χ1) is 15.2. The number of likely N-dealkylation sites (tertiary alicyclic amines) is 1. The Balaban J connectivity index is 1.82. The van der Waals surface area contributed by atoms with Gasteiger partial charge in [-0.2, -0.15) is 0 Å². The summed E-state index contributed by atoms with van der Waals surface area (Å²) in [6.07, 6.45) is 10.5. The molecule has 4 heterocycles. The first kappa shape index (κ1) is 23.0. The summed E-state index contributed by atoms with van der Waals surface area (Å²) in [7, 11) is 1.72. The minimum atomic E-state index is -1.24. The summed E-state index contributed by atoms with van der Waals surface area (Å²) in [6.45, 7) is 6.91. The molecule has 0 saturated carbocycles. The van der Waals surface area contributed by atoms with Gasteiger partial charge in [-0.05, 0) is 20.3 Å². The second-order valence-corrected chi connectivity index (χ2v) is 9.79. The standard InChI is InChI=1S/C24H35N3O5/c1-5-6-7-13-26-14-9-11-24-18(21(30)27(16(2)15-28)19(24)22(26)31)17-20(29)25(4)12-8-10-23(17,3)32-24/h8-11,16-19,28H,5-7,12-15H2,1-4H3/t16-,17-,18+,19?,23+,24+/m1/s1. The number of nitrogens with zero attached hydrogens (tertiary/aromatic N) is 3. The van der Waals surface area contributed by atoms with Gasteiger partial charge < -0.3 is 24.5 Å². The van der Waals surface area contributed by atoms with Gasteiger partial charge in [-0.1, -0.05) is 44.1 Å². The fraction of sp³-hybridized carbons (Fsp3) is 0.708. The van der Waals surface area contributed by atoms with Crippen molar-refractivity contribution >= 4 is 17.7 Å². The number of fused-ring (bicyclic) bond motifs is 2. The van der Waals surface area contributed by atoms with Gasteiger partial charge in [-0.15, -0.1) is 0 Å². The molecule has 0 aromatic heterocycles. The van der Waals surface area contributed by atoms with Gasteiger partial charge in [0.15, 0.2) is 0 Å². The summed E-state index contributed by atoms with van der Waals surface area (Å²) < 4.78 is 6.67. The zero-order chi connectivity index (χ0) is 23.3. The van der Waals surface area contributed by atoms with Crippen LogP contribution in [0.1, 0.15) is 40.0 Å². The van der Waals surface area contributed by atoms with Crippen molar-refractivity contribution in [1.29, 1.82) is 0 Å². The van der Waals surface area contributed by atoms with Crippen LogP contribution >= 0.6 is 0 Å². The number of hydrogen-bond acceptors (Lipinski definition) is 5. The Hall–Kier alpha value is -2.19. The van der Waals surface area contributed by atoms with E-state index < -0.39 is 35.1 Å². The maximum atomic E-state index is 13.9. The molecule has 6 atom stereocenters. The van der Waals surface area contributed by atoms with Gasteiger partial charge in [-0.3, -0.25) is 14.4 Å². The largest absolute Gasteiger partial charge is 0.394 e. The molecule has 0 aromatic rings. The molecule has 0 radical (unpaired) electrons. The van der Waals surface area contributed by atoms with E-state index in [-0.39, 0.29) is 24.3 Å². The molecule has 8 nitrogen and oxygen atoms in total. The highest BCUT2D eigenvalue weighted by Gasteiger charge is 2.75. The number of aliphatic hydroxyl groups is 1. The molecule has 0 aliphatic carbocycles. The molecule has 0 bridgehead atoms. The molecule has 1 spiro atoms. The summed E-state index contributed by atoms with van der Waals surface area (Å²) in [4.78, 5) is 46.0. The monoisotopic (exact) mass is 445 g/mol. The third-order valence-electron chi connectivity index (χ3n) is 7.55. The number of carbonyl (C=O) groups is 3. The maximum absolute atomic E-state index is 13.9. The van der Waals surface area contributed by atoms with E-state index in [1.54, 1.807) is 23.8 Å². The number of carbonyl (C=O) groups excluding carboxylic acids is 3. The molecule has 1 N–H and O–H groups in total. The highest BCUT2D eigenvalue weighted by atomic mass is 16.5. The van der Waals surface area contributed by atoms with Crippen LogP contribution in [0.15, 0.2) is 24.3 Å². The van der Waals surface area contributed by atoms with Gasteiger partial charge in [0.25, 0.3) is 0 Å². The Kier molecular flexibility index (Phi) is 5.96. The number of aliphatic hydroxyl groups excluding tert-OH is 1. The number of likely N-dealkylation sites (N-methyl/N-ethyl adjacent to an activating group) is 1. The summed E-state index contributed by atoms with van der Waals surface area (Å²) in [5, 5.41) is 9.92. The zero-order valence-electron chi connectivity index (χ0n) is 19.5. The topological polar surface area (TPSA) is 90.4 Å². The Bertz CT molecular complexity index is 857. The van der Waals surface area contributed by atoms with Gasteiger partial charge in [0.2, 0.25) is 17.7 Å². The van der Waals surface area contributed by atoms with Gasteiger partial charge in [0, 0.05) is 26.7 Å². The smallest absolute Gasteiger partial charge is 0.249 e. The lowest BCUT2D eigenvalue weighted by molar-refractivity contribution is -0.155. The van der Waals surface area contributed by atoms with E-state index in [9.17, 15) is 19.5 Å². The molecule has 176 valence electrons. The lowest BCUT2D eigenvalue weighted by Crippen LogP contribution is -2.58. The molecule has 1 unspecified atom stereocenters. The van der Waals surface area contributed by atoms with Gasteiger partial charge in [-0.25, -0.2) is 0 Å². The average Bonchev–Trinajstić information content (AvgIpc) is 3.05. The average molecular weight is 446 g/mol. The molecule has 2 saturated heterocycles. The van der Waals surface area contributed by atoms with Crippen LogP contribution in [0.3, 0.4) is 0 Å². The molecule has 8 heteroatoms. The number of hydrogen-bond donors (Lipinski definition) is 1. The molecule has 4 aliphatic rings. The highest BCUT2D eigenvalue weighted by molar-refractivity contribution is 6.00. The van der Waals surface area contributed by atoms with Gasteiger partial charge in [0.05, 0.1) is 30.1 Å². The summed E-state index contributed by atoms with van der Waals surface area (Å²) in [5.74, 6) is -2.18. The van der Waals surface area contributed by atoms with Crippen LogP contribution in [-0.2, 0) is 19.1 Å². The maximum Gasteiger partial charge on any atom is 0.249 e. The predicted molar refractivity (Wildman–Crippen MR) is 118 cm³/mol. The van der Waals surface area contributed by atoms with Gasteiger partial charge >= 0.3 is 0 Å². The van der Waals surface area contributed by atoms with Crippen molar-refractivity contribution in [2.45, 2.75) is 63.3 Å². The Labute approximate surface area is 189 Å². The summed E-state index contributed by atoms with van der Waals surface area (Å²) in [5.41, 5.74) is -2.23. The van der Waals surface area contributed by atoms with Crippen molar-refractivity contribution in [2.75, 3.05) is 33.3 Å². The molecule has 4 rings (SSSR count). The second-order valence-electron chi connectivity index (χ2n) is 9.79. The first-order valence-electron chi connectivity index (χ1n) is 11.7. The second kappa shape index (κ2) is 8.30. The van der Waals surface area contributed by atoms with E-state index in [2.05, 4.69) is 6.92 Å². The van der Waals surface area contributed by atoms with Crippen LogP contribution in [0.4, 0.5) is 0 Å². The van der Waals surface area contributed by atoms with E-state index >= 15 is 0 Å². The molecule has 2 fully saturated rings. The van der Waals surface area contributed by atoms with E-state index in [1.807, 2.05) is 31.2 Å². The Morgan fingerprint density at radius 1 is 1.09 bits per heavy atom. The highest BCUT2D eigenvalue weighted by Crippen LogP contribution is 2.57. The van der Waals surface area contributed by atoms with Crippen molar-refractivity contribution in [1.82, 2.24) is 14.7 Å². The van der Waals surface area contributed by atoms with Crippen molar-refractivity contribution in [3.8, 4) is 0 Å². The fourth-order valence-corrected chi connectivity index (χ4v) is 5.95. The van der Waals surface area contributed by atoms with E-state index in [0.717, 1.165) is 19.3 Å². The van der Waals surface area contributed by atoms with Crippen LogP contribution < -0.4 is 0 Å². The Morgan fingerprint density at radius 2 is 1.81 bits per heavy atom. The van der Waals surface area contributed by atoms with E-state index in [1.165, 1.54) is 4.90 Å². The number of amides is 3. The zero-order valence-corrected chi connectivity index (χ0v) is 19.5. The van der Waals surface area contributed by atoms with Crippen molar-refractivity contribution in [3.05, 3.63) is 24.3 Å². The third kappa shape index (κ3) is 3.22. The molecule has 0 aromatic carbocycles. The lowest BCUT2D eigenvalue weighted by atomic mass is 9.74. The Morgan fingerprint density at radius 3 is 2.50 bits per heavy atom. The minimum Gasteiger partial charge on any atom is -0.394 e. The van der Waals surface area contributed by atoms with E-state index in [0.29, 0.717) is 19.6 Å². The molecular formula is C24H35N3O5. The third-order valence-corrected chi connectivity index (χ3v) is 7.55. The van der Waals surface area contributed by atoms with Crippen LogP contribution in [0.5, 0.6) is 0 Å². The van der Waals surface area contributed by atoms with Crippen LogP contribution in [0, 0.1) is 11.8 Å². The summed E-state index contributed by atoms with van der Waals surface area (Å²) >= 11 is 0. The number of unbranched alkanes of at least 4 members (excludes halogenated alkanes) is 2. The van der Waals surface area contributed by atoms with E-state index in [4.69, 9.17) is 4.74 Å². The molecule has 32 heavy (non-hydrogen) atoms. The predicted octanol–water partition coefficient (Wildman–Crippen LogP) is 0.955. The lowest BCUT2D eigenvalue weighted by Gasteiger charge is -2.39. The molecule has 4 aliphatic heterocycles. The van der Waals surface area contributed by atoms with Crippen LogP contribution in [-0.4, -0.2) is 94.1 Å². The van der Waals surface area contributed by atoms with Crippen LogP contribution in [0.2, 0.25) is 0 Å². The molecule has 3 amide bonds. The van der Waals surface area contributed by atoms with Gasteiger partial charge in [0.1, 0.15) is 11.6 Å². The number of ether oxygens (including phenoxy) is 1. The van der Waals surface area contributed by atoms with Crippen molar-refractivity contribution in [2.24, 2.45) is 11.8 Å². The van der Waals surface area contributed by atoms with Crippen LogP contribution in [0.25, 0.3) is 0 Å². The first-order valence-corrected chi connectivity index (χ1v) is 11.7. The SMILES string of the molecule is CCCCCN1CC=C[C@]23O[C@@]4(C)C=CCN(C)C(=O)[C@H]4[C@H]2C(=O)N([C@H](C)CO)C3C1=O. The minimum absolute atomic E-state index is 0.158. The number of rotatable bonds is 6. The fourth-order valence-electron chi connectivity index (χ4n) is 5.95. The quantitative estimate of drug-likeness (QED) is 0.486. The summed E-state index contributed by atoms with van der Waals surface area (Å²) in [6, 6.07) is -1.47. The van der Waals surface area contributed by atoms with Crippen molar-refractivity contribution < 1.29 is 24.2 Å².